The molecule has 136 valence electrons. The molecule has 5 heteroatoms. The summed E-state index contributed by atoms with van der Waals surface area (Å²) in [7, 11) is 0. The minimum Gasteiger partial charge on any atom is -0.494 e. The van der Waals surface area contributed by atoms with E-state index in [1.54, 1.807) is 4.90 Å². The van der Waals surface area contributed by atoms with Crippen molar-refractivity contribution in [1.82, 2.24) is 4.90 Å². The van der Waals surface area contributed by atoms with E-state index in [4.69, 9.17) is 17.0 Å². The molecule has 1 aromatic carbocycles. The van der Waals surface area contributed by atoms with Crippen LogP contribution in [0.25, 0.3) is 6.08 Å². The van der Waals surface area contributed by atoms with Gasteiger partial charge < -0.3 is 4.74 Å². The Balaban J connectivity index is 2.39. The summed E-state index contributed by atoms with van der Waals surface area (Å²) in [6, 6.07) is 4.21. The second-order valence-corrected chi connectivity index (χ2v) is 8.70. The summed E-state index contributed by atoms with van der Waals surface area (Å²) in [5.74, 6) is 1.69. The molecular formula is C20H27NO2S2. The van der Waals surface area contributed by atoms with Crippen LogP contribution in [0.3, 0.4) is 0 Å². The van der Waals surface area contributed by atoms with Crippen LogP contribution in [0, 0.1) is 12.8 Å². The first-order valence-corrected chi connectivity index (χ1v) is 9.99. The number of benzene rings is 1. The molecule has 0 radical (unpaired) electrons. The van der Waals surface area contributed by atoms with Gasteiger partial charge in [0.15, 0.2) is 0 Å². The smallest absolute Gasteiger partial charge is 0.266 e. The van der Waals surface area contributed by atoms with Crippen LogP contribution in [0.2, 0.25) is 0 Å². The van der Waals surface area contributed by atoms with E-state index in [-0.39, 0.29) is 5.91 Å². The van der Waals surface area contributed by atoms with Crippen LogP contribution in [0.4, 0.5) is 0 Å². The number of carbonyl (C=O) groups excluding carboxylic acids is 1. The van der Waals surface area contributed by atoms with Crippen LogP contribution < -0.4 is 4.74 Å². The second kappa shape index (κ2) is 8.37. The van der Waals surface area contributed by atoms with Crippen LogP contribution in [0.15, 0.2) is 17.0 Å². The van der Waals surface area contributed by atoms with Crippen molar-refractivity contribution in [2.24, 2.45) is 5.92 Å². The van der Waals surface area contributed by atoms with Gasteiger partial charge in [0, 0.05) is 6.54 Å². The molecule has 0 bridgehead atoms. The van der Waals surface area contributed by atoms with Gasteiger partial charge >= 0.3 is 0 Å². The van der Waals surface area contributed by atoms with Crippen molar-refractivity contribution in [3.8, 4) is 5.75 Å². The van der Waals surface area contributed by atoms with E-state index in [1.165, 1.54) is 11.8 Å². The van der Waals surface area contributed by atoms with Crippen molar-refractivity contribution < 1.29 is 9.53 Å². The van der Waals surface area contributed by atoms with E-state index < -0.39 is 0 Å². The van der Waals surface area contributed by atoms with Crippen LogP contribution >= 0.6 is 24.0 Å². The van der Waals surface area contributed by atoms with Crippen LogP contribution in [0.5, 0.6) is 5.75 Å². The Kier molecular flexibility index (Phi) is 6.69. The summed E-state index contributed by atoms with van der Waals surface area (Å²) in [4.78, 5) is 15.1. The summed E-state index contributed by atoms with van der Waals surface area (Å²) in [6.07, 6.45) is 1.97. The molecule has 1 aliphatic rings. The molecule has 0 aliphatic carbocycles. The van der Waals surface area contributed by atoms with Gasteiger partial charge in [0.05, 0.1) is 11.5 Å². The molecule has 0 saturated carbocycles. The lowest BCUT2D eigenvalue weighted by atomic mass is 9.96. The van der Waals surface area contributed by atoms with Gasteiger partial charge in [0.2, 0.25) is 0 Å². The molecular weight excluding hydrogens is 350 g/mol. The van der Waals surface area contributed by atoms with Gasteiger partial charge in [-0.3, -0.25) is 9.69 Å². The largest absolute Gasteiger partial charge is 0.494 e. The first-order valence-electron chi connectivity index (χ1n) is 8.77. The molecule has 2 rings (SSSR count). The molecule has 0 atom stereocenters. The molecule has 0 N–H and O–H groups in total. The molecule has 1 heterocycles. The minimum absolute atomic E-state index is 0.0167. The van der Waals surface area contributed by atoms with Crippen molar-refractivity contribution in [3.05, 3.63) is 33.7 Å². The fraction of sp³-hybridized carbons (Fsp3) is 0.500. The Morgan fingerprint density at radius 2 is 1.96 bits per heavy atom. The highest BCUT2D eigenvalue weighted by Crippen LogP contribution is 2.36. The highest BCUT2D eigenvalue weighted by Gasteiger charge is 2.32. The predicted molar refractivity (Wildman–Crippen MR) is 111 cm³/mol. The summed E-state index contributed by atoms with van der Waals surface area (Å²) < 4.78 is 6.43. The third-order valence-electron chi connectivity index (χ3n) is 4.03. The third-order valence-corrected chi connectivity index (χ3v) is 5.41. The lowest BCUT2D eigenvalue weighted by Gasteiger charge is -2.17. The molecule has 1 aliphatic heterocycles. The normalized spacial score (nSPS) is 16.6. The first kappa shape index (κ1) is 20.0. The minimum atomic E-state index is 0.0167. The van der Waals surface area contributed by atoms with Crippen LogP contribution in [0.1, 0.15) is 57.2 Å². The monoisotopic (exact) mass is 377 g/mol. The number of hydrogen-bond acceptors (Lipinski definition) is 4. The fourth-order valence-corrected chi connectivity index (χ4v) is 4.03. The van der Waals surface area contributed by atoms with Crippen LogP contribution in [-0.2, 0) is 4.79 Å². The van der Waals surface area contributed by atoms with Gasteiger partial charge in [-0.15, -0.1) is 0 Å². The Hall–Kier alpha value is -1.33. The van der Waals surface area contributed by atoms with Gasteiger partial charge in [-0.1, -0.05) is 51.7 Å². The van der Waals surface area contributed by atoms with Crippen molar-refractivity contribution in [2.45, 2.75) is 47.5 Å². The SMILES string of the molecule is CCOc1cc(C)c(/C=C2/SC(=S)N(CC(C)C)C2=O)cc1C(C)C. The number of nitrogens with zero attached hydrogens (tertiary/aromatic N) is 1. The zero-order valence-corrected chi connectivity index (χ0v) is 17.5. The van der Waals surface area contributed by atoms with E-state index in [0.29, 0.717) is 34.2 Å². The Morgan fingerprint density at radius 3 is 2.52 bits per heavy atom. The van der Waals surface area contributed by atoms with Crippen molar-refractivity contribution in [2.75, 3.05) is 13.2 Å². The molecule has 0 unspecified atom stereocenters. The quantitative estimate of drug-likeness (QED) is 0.492. The summed E-state index contributed by atoms with van der Waals surface area (Å²) in [5.41, 5.74) is 3.32. The molecule has 1 aromatic rings. The number of ether oxygens (including phenoxy) is 1. The lowest BCUT2D eigenvalue weighted by Crippen LogP contribution is -2.31. The van der Waals surface area contributed by atoms with E-state index in [9.17, 15) is 4.79 Å². The highest BCUT2D eigenvalue weighted by atomic mass is 32.2. The number of carbonyl (C=O) groups is 1. The standard InChI is InChI=1S/C20H27NO2S2/c1-7-23-17-8-14(6)15(9-16(17)13(4)5)10-18-19(22)21(11-12(2)3)20(24)25-18/h8-10,12-13H,7,11H2,1-6H3/b18-10+. The average molecular weight is 378 g/mol. The van der Waals surface area contributed by atoms with Gasteiger partial charge in [-0.25, -0.2) is 0 Å². The summed E-state index contributed by atoms with van der Waals surface area (Å²) in [6.45, 7) is 13.8. The molecule has 3 nitrogen and oxygen atoms in total. The number of hydrogen-bond donors (Lipinski definition) is 0. The predicted octanol–water partition coefficient (Wildman–Crippen LogP) is 5.37. The number of rotatable bonds is 6. The Bertz CT molecular complexity index is 708. The summed E-state index contributed by atoms with van der Waals surface area (Å²) >= 11 is 6.79. The third kappa shape index (κ3) is 4.64. The average Bonchev–Trinajstić information content (AvgIpc) is 2.77. The maximum absolute atomic E-state index is 12.7. The molecule has 1 fully saturated rings. The van der Waals surface area contributed by atoms with Crippen molar-refractivity contribution in [3.63, 3.8) is 0 Å². The second-order valence-electron chi connectivity index (χ2n) is 7.02. The maximum Gasteiger partial charge on any atom is 0.266 e. The summed E-state index contributed by atoms with van der Waals surface area (Å²) in [5, 5.41) is 0. The molecule has 25 heavy (non-hydrogen) atoms. The Morgan fingerprint density at radius 1 is 1.28 bits per heavy atom. The van der Waals surface area contributed by atoms with Gasteiger partial charge in [-0.05, 0) is 60.6 Å². The molecule has 1 saturated heterocycles. The van der Waals surface area contributed by atoms with E-state index in [0.717, 1.165) is 22.4 Å². The van der Waals surface area contributed by atoms with Gasteiger partial charge in [-0.2, -0.15) is 0 Å². The zero-order valence-electron chi connectivity index (χ0n) is 15.9. The number of aryl methyl sites for hydroxylation is 1. The van der Waals surface area contributed by atoms with Gasteiger partial charge in [0.25, 0.3) is 5.91 Å². The lowest BCUT2D eigenvalue weighted by molar-refractivity contribution is -0.122. The number of thiocarbonyl (C=S) groups is 1. The fourth-order valence-electron chi connectivity index (χ4n) is 2.77. The first-order chi connectivity index (χ1) is 11.7. The Labute approximate surface area is 160 Å². The maximum atomic E-state index is 12.7. The zero-order chi connectivity index (χ0) is 18.7. The van der Waals surface area contributed by atoms with Crippen molar-refractivity contribution >= 4 is 40.3 Å². The van der Waals surface area contributed by atoms with E-state index in [1.807, 2.05) is 19.9 Å². The molecule has 0 spiro atoms. The van der Waals surface area contributed by atoms with E-state index in [2.05, 4.69) is 39.8 Å². The van der Waals surface area contributed by atoms with Crippen molar-refractivity contribution in [1.29, 1.82) is 0 Å². The topological polar surface area (TPSA) is 29.5 Å². The molecule has 1 amide bonds. The van der Waals surface area contributed by atoms with Crippen LogP contribution in [-0.4, -0.2) is 28.3 Å². The van der Waals surface area contributed by atoms with E-state index >= 15 is 0 Å². The number of thioether (sulfide) groups is 1. The van der Waals surface area contributed by atoms with Gasteiger partial charge in [0.1, 0.15) is 10.1 Å². The number of amides is 1. The molecule has 0 aromatic heterocycles. The highest BCUT2D eigenvalue weighted by molar-refractivity contribution is 8.26.